The minimum absolute atomic E-state index is 0.0496. The van der Waals surface area contributed by atoms with Crippen LogP contribution in [0.15, 0.2) is 45.9 Å². The number of nitrogens with zero attached hydrogens (tertiary/aromatic N) is 2. The molecule has 144 valence electrons. The highest BCUT2D eigenvalue weighted by atomic mass is 35.5. The van der Waals surface area contributed by atoms with Gasteiger partial charge in [0, 0.05) is 17.5 Å². The van der Waals surface area contributed by atoms with Crippen molar-refractivity contribution in [2.75, 3.05) is 6.61 Å². The Hall–Kier alpha value is -3.59. The van der Waals surface area contributed by atoms with Crippen molar-refractivity contribution in [2.45, 2.75) is 6.92 Å². The maximum Gasteiger partial charge on any atom is 0.307 e. The number of fused-ring (bicyclic) bond motifs is 1. The van der Waals surface area contributed by atoms with Gasteiger partial charge in [-0.25, -0.2) is 5.43 Å². The highest BCUT2D eigenvalue weighted by molar-refractivity contribution is 6.32. The summed E-state index contributed by atoms with van der Waals surface area (Å²) < 4.78 is 10.6. The minimum atomic E-state index is -0.634. The molecular weight excluding hydrogens is 390 g/mol. The van der Waals surface area contributed by atoms with E-state index in [0.29, 0.717) is 23.1 Å². The highest BCUT2D eigenvalue weighted by Crippen LogP contribution is 2.34. The van der Waals surface area contributed by atoms with Gasteiger partial charge in [-0.3, -0.25) is 14.9 Å². The lowest BCUT2D eigenvalue weighted by Crippen LogP contribution is -2.16. The summed E-state index contributed by atoms with van der Waals surface area (Å²) in [5.41, 5.74) is 3.02. The Morgan fingerprint density at radius 3 is 2.89 bits per heavy atom. The standard InChI is InChI=1S/C18H14ClN3O6/c1-2-27-15-6-10(5-13(19)17(15)23)9-20-21-18(24)16-8-11-7-12(22(25)26)3-4-14(11)28-16/h3-9,23H,2H2,1H3,(H,21,24)/b20-9+. The number of hydrogen-bond donors (Lipinski definition) is 2. The first-order chi connectivity index (χ1) is 13.4. The molecule has 0 radical (unpaired) electrons. The highest BCUT2D eigenvalue weighted by Gasteiger charge is 2.15. The molecule has 1 aromatic heterocycles. The number of halogens is 1. The fourth-order valence-electron chi connectivity index (χ4n) is 2.41. The summed E-state index contributed by atoms with van der Waals surface area (Å²) in [6, 6.07) is 8.37. The fraction of sp³-hybridized carbons (Fsp3) is 0.111. The van der Waals surface area contributed by atoms with E-state index in [0.717, 1.165) is 0 Å². The molecule has 0 spiro atoms. The fourth-order valence-corrected chi connectivity index (χ4v) is 2.63. The van der Waals surface area contributed by atoms with Crippen molar-refractivity contribution in [1.82, 2.24) is 5.43 Å². The maximum atomic E-state index is 12.2. The van der Waals surface area contributed by atoms with Crippen molar-refractivity contribution in [3.63, 3.8) is 0 Å². The number of aromatic hydroxyl groups is 1. The van der Waals surface area contributed by atoms with Gasteiger partial charge in [-0.1, -0.05) is 11.6 Å². The SMILES string of the molecule is CCOc1cc(/C=N/NC(=O)c2cc3cc([N+](=O)[O-])ccc3o2)cc(Cl)c1O. The van der Waals surface area contributed by atoms with Gasteiger partial charge in [0.2, 0.25) is 0 Å². The molecule has 2 aromatic carbocycles. The van der Waals surface area contributed by atoms with Crippen LogP contribution in [-0.2, 0) is 0 Å². The second-order valence-corrected chi connectivity index (χ2v) is 5.98. The van der Waals surface area contributed by atoms with E-state index in [1.165, 1.54) is 42.6 Å². The molecule has 10 heteroatoms. The molecule has 9 nitrogen and oxygen atoms in total. The van der Waals surface area contributed by atoms with E-state index in [1.807, 2.05) is 0 Å². The summed E-state index contributed by atoms with van der Waals surface area (Å²) >= 11 is 5.93. The number of non-ortho nitro benzene ring substituents is 1. The molecule has 0 bridgehead atoms. The van der Waals surface area contributed by atoms with E-state index >= 15 is 0 Å². The summed E-state index contributed by atoms with van der Waals surface area (Å²) in [6.07, 6.45) is 1.32. The van der Waals surface area contributed by atoms with Crippen molar-refractivity contribution in [3.8, 4) is 11.5 Å². The van der Waals surface area contributed by atoms with Gasteiger partial charge in [-0.15, -0.1) is 0 Å². The van der Waals surface area contributed by atoms with E-state index in [4.69, 9.17) is 20.8 Å². The van der Waals surface area contributed by atoms with Gasteiger partial charge in [-0.05, 0) is 36.8 Å². The van der Waals surface area contributed by atoms with E-state index in [-0.39, 0.29) is 28.0 Å². The van der Waals surface area contributed by atoms with Gasteiger partial charge in [-0.2, -0.15) is 5.10 Å². The number of carbonyl (C=O) groups is 1. The number of amides is 1. The van der Waals surface area contributed by atoms with Gasteiger partial charge >= 0.3 is 5.91 Å². The predicted molar refractivity (Wildman–Crippen MR) is 102 cm³/mol. The number of phenolic OH excluding ortho intramolecular Hbond substituents is 1. The lowest BCUT2D eigenvalue weighted by atomic mass is 10.2. The Labute approximate surface area is 163 Å². The lowest BCUT2D eigenvalue weighted by molar-refractivity contribution is -0.384. The molecule has 0 unspecified atom stereocenters. The summed E-state index contributed by atoms with van der Waals surface area (Å²) in [6.45, 7) is 2.10. The number of benzene rings is 2. The van der Waals surface area contributed by atoms with Crippen LogP contribution in [0.5, 0.6) is 11.5 Å². The monoisotopic (exact) mass is 403 g/mol. The molecular formula is C18H14ClN3O6. The van der Waals surface area contributed by atoms with Crippen molar-refractivity contribution in [3.05, 3.63) is 62.9 Å². The molecule has 1 heterocycles. The molecule has 0 aliphatic heterocycles. The van der Waals surface area contributed by atoms with E-state index in [9.17, 15) is 20.0 Å². The number of hydrogen-bond acceptors (Lipinski definition) is 7. The maximum absolute atomic E-state index is 12.2. The summed E-state index contributed by atoms with van der Waals surface area (Å²) in [4.78, 5) is 22.5. The minimum Gasteiger partial charge on any atom is -0.503 e. The first-order valence-corrected chi connectivity index (χ1v) is 8.43. The number of nitro groups is 1. The number of rotatable bonds is 6. The van der Waals surface area contributed by atoms with Gasteiger partial charge in [0.1, 0.15) is 5.58 Å². The summed E-state index contributed by atoms with van der Waals surface area (Å²) in [5.74, 6) is -0.667. The van der Waals surface area contributed by atoms with Crippen molar-refractivity contribution in [2.24, 2.45) is 5.10 Å². The molecule has 0 fully saturated rings. The number of furan rings is 1. The first kappa shape index (κ1) is 19.2. The number of nitro benzene ring substituents is 1. The molecule has 0 aliphatic carbocycles. The van der Waals surface area contributed by atoms with Gasteiger partial charge in [0.25, 0.3) is 5.69 Å². The quantitative estimate of drug-likeness (QED) is 0.365. The molecule has 0 atom stereocenters. The zero-order chi connectivity index (χ0) is 20.3. The third kappa shape index (κ3) is 4.04. The first-order valence-electron chi connectivity index (χ1n) is 8.05. The Morgan fingerprint density at radius 1 is 1.39 bits per heavy atom. The van der Waals surface area contributed by atoms with Crippen LogP contribution in [0.4, 0.5) is 5.69 Å². The van der Waals surface area contributed by atoms with E-state index in [1.54, 1.807) is 6.92 Å². The second kappa shape index (κ2) is 7.97. The van der Waals surface area contributed by atoms with Gasteiger partial charge < -0.3 is 14.3 Å². The normalized spacial score (nSPS) is 11.1. The molecule has 1 amide bonds. The molecule has 3 aromatic rings. The average Bonchev–Trinajstić information content (AvgIpc) is 3.09. The van der Waals surface area contributed by atoms with Crippen molar-refractivity contribution < 1.29 is 24.0 Å². The van der Waals surface area contributed by atoms with Crippen LogP contribution in [0, 0.1) is 10.1 Å². The van der Waals surface area contributed by atoms with Gasteiger partial charge in [0.15, 0.2) is 17.3 Å². The van der Waals surface area contributed by atoms with Crippen molar-refractivity contribution >= 4 is 40.4 Å². The second-order valence-electron chi connectivity index (χ2n) is 5.57. The zero-order valence-electron chi connectivity index (χ0n) is 14.5. The Morgan fingerprint density at radius 2 is 2.18 bits per heavy atom. The van der Waals surface area contributed by atoms with Crippen LogP contribution >= 0.6 is 11.6 Å². The zero-order valence-corrected chi connectivity index (χ0v) is 15.3. The van der Waals surface area contributed by atoms with Crippen LogP contribution in [-0.4, -0.2) is 28.8 Å². The van der Waals surface area contributed by atoms with E-state index in [2.05, 4.69) is 10.5 Å². The third-order valence-corrected chi connectivity index (χ3v) is 3.95. The molecule has 0 saturated heterocycles. The van der Waals surface area contributed by atoms with E-state index < -0.39 is 10.8 Å². The molecule has 3 rings (SSSR count). The number of hydrazone groups is 1. The summed E-state index contributed by atoms with van der Waals surface area (Å²) in [5, 5.41) is 25.0. The summed E-state index contributed by atoms with van der Waals surface area (Å²) in [7, 11) is 0. The Bertz CT molecular complexity index is 1090. The van der Waals surface area contributed by atoms with Crippen molar-refractivity contribution in [1.29, 1.82) is 0 Å². The number of carbonyl (C=O) groups excluding carboxylic acids is 1. The number of ether oxygens (including phenoxy) is 1. The Balaban J connectivity index is 1.75. The van der Waals surface area contributed by atoms with Crippen LogP contribution in [0.3, 0.4) is 0 Å². The molecule has 0 aliphatic rings. The predicted octanol–water partition coefficient (Wildman–Crippen LogP) is 3.86. The van der Waals surface area contributed by atoms with Crippen LogP contribution in [0.2, 0.25) is 5.02 Å². The third-order valence-electron chi connectivity index (χ3n) is 3.66. The van der Waals surface area contributed by atoms with Crippen LogP contribution in [0.25, 0.3) is 11.0 Å². The topological polar surface area (TPSA) is 127 Å². The smallest absolute Gasteiger partial charge is 0.307 e. The Kier molecular flexibility index (Phi) is 5.46. The van der Waals surface area contributed by atoms with Crippen LogP contribution in [0.1, 0.15) is 23.0 Å². The van der Waals surface area contributed by atoms with Crippen LogP contribution < -0.4 is 10.2 Å². The lowest BCUT2D eigenvalue weighted by Gasteiger charge is -2.08. The molecule has 2 N–H and O–H groups in total. The average molecular weight is 404 g/mol. The largest absolute Gasteiger partial charge is 0.503 e. The molecule has 28 heavy (non-hydrogen) atoms. The number of nitrogens with one attached hydrogen (secondary N) is 1. The number of phenols is 1. The van der Waals surface area contributed by atoms with Gasteiger partial charge in [0.05, 0.1) is 22.8 Å². The molecule has 0 saturated carbocycles.